The van der Waals surface area contributed by atoms with Crippen LogP contribution in [-0.2, 0) is 16.1 Å². The van der Waals surface area contributed by atoms with Gasteiger partial charge in [0.2, 0.25) is 0 Å². The lowest BCUT2D eigenvalue weighted by molar-refractivity contribution is 0.0194. The Morgan fingerprint density at radius 1 is 1.06 bits per heavy atom. The summed E-state index contributed by atoms with van der Waals surface area (Å²) in [5, 5.41) is 1.04. The maximum Gasteiger partial charge on any atom is 0.410 e. The van der Waals surface area contributed by atoms with Crippen LogP contribution in [-0.4, -0.2) is 57.7 Å². The van der Waals surface area contributed by atoms with Crippen LogP contribution in [0.15, 0.2) is 60.8 Å². The van der Waals surface area contributed by atoms with Gasteiger partial charge in [-0.1, -0.05) is 37.3 Å². The van der Waals surface area contributed by atoms with Gasteiger partial charge < -0.3 is 24.3 Å². The van der Waals surface area contributed by atoms with Crippen molar-refractivity contribution in [1.82, 2.24) is 14.8 Å². The molecule has 3 heterocycles. The van der Waals surface area contributed by atoms with Gasteiger partial charge in [0.15, 0.2) is 0 Å². The van der Waals surface area contributed by atoms with Gasteiger partial charge in [0.1, 0.15) is 18.0 Å². The number of aromatic amines is 1. The van der Waals surface area contributed by atoms with E-state index in [1.54, 1.807) is 22.1 Å². The Morgan fingerprint density at radius 3 is 2.53 bits per heavy atom. The van der Waals surface area contributed by atoms with E-state index in [9.17, 15) is 14.0 Å². The lowest BCUT2D eigenvalue weighted by Crippen LogP contribution is -2.45. The predicted molar refractivity (Wildman–Crippen MR) is 136 cm³/mol. The maximum absolute atomic E-state index is 12.6. The minimum absolute atomic E-state index is 0.000733. The molecule has 36 heavy (non-hydrogen) atoms. The highest BCUT2D eigenvalue weighted by Gasteiger charge is 2.51. The fraction of sp³-hybridized carbons (Fsp3) is 0.429. The number of amides is 2. The Labute approximate surface area is 211 Å². The van der Waals surface area contributed by atoms with Gasteiger partial charge in [-0.3, -0.25) is 0 Å². The molecule has 2 aliphatic rings. The number of rotatable bonds is 2. The van der Waals surface area contributed by atoms with Gasteiger partial charge in [0.25, 0.3) is 0 Å². The molecule has 2 aliphatic heterocycles. The molecule has 2 saturated heterocycles. The highest BCUT2D eigenvalue weighted by molar-refractivity contribution is 5.79. The molecule has 0 spiro atoms. The van der Waals surface area contributed by atoms with Crippen LogP contribution in [0.1, 0.15) is 39.7 Å². The normalized spacial score (nSPS) is 21.1. The fourth-order valence-electron chi connectivity index (χ4n) is 4.94. The molecule has 8 heteroatoms. The first-order valence-corrected chi connectivity index (χ1v) is 12.3. The number of hydrogen-bond acceptors (Lipinski definition) is 4. The number of fused-ring (bicyclic) bond motifs is 2. The number of carbonyl (C=O) groups excluding carboxylic acids is 2. The van der Waals surface area contributed by atoms with E-state index in [0.717, 1.165) is 22.9 Å². The van der Waals surface area contributed by atoms with Crippen LogP contribution in [0.5, 0.6) is 0 Å². The molecule has 192 valence electrons. The van der Waals surface area contributed by atoms with E-state index in [-0.39, 0.29) is 42.6 Å². The number of carbonyl (C=O) groups is 2. The van der Waals surface area contributed by atoms with Crippen molar-refractivity contribution in [2.45, 2.75) is 58.4 Å². The van der Waals surface area contributed by atoms with Crippen LogP contribution >= 0.6 is 0 Å². The van der Waals surface area contributed by atoms with E-state index in [1.165, 1.54) is 12.1 Å². The average Bonchev–Trinajstić information content (AvgIpc) is 3.54. The van der Waals surface area contributed by atoms with Crippen LogP contribution in [0.25, 0.3) is 10.9 Å². The Morgan fingerprint density at radius 2 is 1.81 bits per heavy atom. The number of ether oxygens (including phenoxy) is 2. The van der Waals surface area contributed by atoms with Crippen LogP contribution in [0.4, 0.5) is 14.0 Å². The van der Waals surface area contributed by atoms with E-state index in [4.69, 9.17) is 9.47 Å². The van der Waals surface area contributed by atoms with Crippen molar-refractivity contribution in [1.29, 1.82) is 0 Å². The molecule has 0 aliphatic carbocycles. The van der Waals surface area contributed by atoms with Crippen LogP contribution in [0.3, 0.4) is 0 Å². The molecular formula is C28H34FN3O4. The molecule has 3 aromatic rings. The summed E-state index contributed by atoms with van der Waals surface area (Å²) >= 11 is 0. The van der Waals surface area contributed by atoms with Gasteiger partial charge in [-0.15, -0.1) is 0 Å². The molecule has 1 N–H and O–H groups in total. The second-order valence-electron chi connectivity index (χ2n) is 10.4. The summed E-state index contributed by atoms with van der Waals surface area (Å²) in [7, 11) is 0. The van der Waals surface area contributed by atoms with Gasteiger partial charge in [0, 0.05) is 24.8 Å². The van der Waals surface area contributed by atoms with Crippen molar-refractivity contribution in [2.24, 2.45) is 5.92 Å². The SMILES string of the molecule is CC1CN(C(=O)OCc2ccccc2)C2CCN(C(=O)OC(C)(C)C)C12.Fc1ccc2cc[nH]c2c1. The Bertz CT molecular complexity index is 1190. The van der Waals surface area contributed by atoms with E-state index >= 15 is 0 Å². The largest absolute Gasteiger partial charge is 0.445 e. The minimum atomic E-state index is -0.523. The quantitative estimate of drug-likeness (QED) is 0.476. The summed E-state index contributed by atoms with van der Waals surface area (Å²) in [6.45, 7) is 9.14. The molecule has 5 rings (SSSR count). The number of benzene rings is 2. The average molecular weight is 496 g/mol. The zero-order chi connectivity index (χ0) is 25.9. The monoisotopic (exact) mass is 495 g/mol. The van der Waals surface area contributed by atoms with Crippen molar-refractivity contribution >= 4 is 23.1 Å². The lowest BCUT2D eigenvalue weighted by atomic mass is 10.0. The number of nitrogens with zero attached hydrogens (tertiary/aromatic N) is 2. The smallest absolute Gasteiger partial charge is 0.410 e. The molecule has 3 atom stereocenters. The third-order valence-corrected chi connectivity index (χ3v) is 6.47. The number of H-pyrrole nitrogens is 1. The zero-order valence-electron chi connectivity index (χ0n) is 21.2. The van der Waals surface area contributed by atoms with Crippen molar-refractivity contribution in [3.63, 3.8) is 0 Å². The molecule has 1 aromatic heterocycles. The highest BCUT2D eigenvalue weighted by Crippen LogP contribution is 2.36. The van der Waals surface area contributed by atoms with Gasteiger partial charge in [0.05, 0.1) is 12.1 Å². The van der Waals surface area contributed by atoms with Crippen LogP contribution in [0.2, 0.25) is 0 Å². The number of halogens is 1. The second kappa shape index (κ2) is 10.6. The van der Waals surface area contributed by atoms with Gasteiger partial charge in [-0.05, 0) is 68.3 Å². The van der Waals surface area contributed by atoms with E-state index in [1.807, 2.05) is 57.2 Å². The molecule has 3 unspecified atom stereocenters. The van der Waals surface area contributed by atoms with Crippen molar-refractivity contribution < 1.29 is 23.5 Å². The molecule has 0 bridgehead atoms. The fourth-order valence-corrected chi connectivity index (χ4v) is 4.94. The van der Waals surface area contributed by atoms with E-state index < -0.39 is 5.60 Å². The Balaban J connectivity index is 0.000000251. The standard InChI is InChI=1S/C20H28N2O4.C8H6FN/c1-14-12-22(18(23)25-13-15-8-6-5-7-9-15)16-10-11-21(17(14)16)19(24)26-20(2,3)4;9-7-2-1-6-3-4-10-8(6)5-7/h5-9,14,16-17H,10-13H2,1-4H3;1-5,10H. The first kappa shape index (κ1) is 25.5. The summed E-state index contributed by atoms with van der Waals surface area (Å²) in [4.78, 5) is 31.6. The summed E-state index contributed by atoms with van der Waals surface area (Å²) in [6.07, 6.45) is 1.95. The molecule has 2 amide bonds. The number of aromatic nitrogens is 1. The van der Waals surface area contributed by atoms with Crippen LogP contribution < -0.4 is 0 Å². The first-order chi connectivity index (χ1) is 17.1. The molecule has 2 aromatic carbocycles. The minimum Gasteiger partial charge on any atom is -0.445 e. The second-order valence-corrected chi connectivity index (χ2v) is 10.4. The summed E-state index contributed by atoms with van der Waals surface area (Å²) < 4.78 is 23.5. The Hall–Kier alpha value is -3.55. The van der Waals surface area contributed by atoms with E-state index in [2.05, 4.69) is 11.9 Å². The van der Waals surface area contributed by atoms with Crippen molar-refractivity contribution in [3.8, 4) is 0 Å². The van der Waals surface area contributed by atoms with Gasteiger partial charge in [-0.25, -0.2) is 14.0 Å². The molecule has 0 radical (unpaired) electrons. The summed E-state index contributed by atoms with van der Waals surface area (Å²) in [6, 6.07) is 16.2. The van der Waals surface area contributed by atoms with Crippen molar-refractivity contribution in [3.05, 3.63) is 72.2 Å². The van der Waals surface area contributed by atoms with E-state index in [0.29, 0.717) is 13.1 Å². The van der Waals surface area contributed by atoms with Gasteiger partial charge in [-0.2, -0.15) is 0 Å². The Kier molecular flexibility index (Phi) is 7.52. The highest BCUT2D eigenvalue weighted by atomic mass is 19.1. The summed E-state index contributed by atoms with van der Waals surface area (Å²) in [5.41, 5.74) is 1.29. The molecular weight excluding hydrogens is 461 g/mol. The topological polar surface area (TPSA) is 74.9 Å². The number of hydrogen-bond donors (Lipinski definition) is 1. The number of nitrogens with one attached hydrogen (secondary N) is 1. The first-order valence-electron chi connectivity index (χ1n) is 12.3. The zero-order valence-corrected chi connectivity index (χ0v) is 21.2. The molecule has 7 nitrogen and oxygen atoms in total. The third kappa shape index (κ3) is 5.98. The molecule has 0 saturated carbocycles. The van der Waals surface area contributed by atoms with Crippen LogP contribution in [0, 0.1) is 11.7 Å². The lowest BCUT2D eigenvalue weighted by Gasteiger charge is -2.29. The maximum atomic E-state index is 12.6. The third-order valence-electron chi connectivity index (χ3n) is 6.47. The molecule has 2 fully saturated rings. The predicted octanol–water partition coefficient (Wildman–Crippen LogP) is 5.96. The van der Waals surface area contributed by atoms with Crippen molar-refractivity contribution in [2.75, 3.05) is 13.1 Å². The van der Waals surface area contributed by atoms with Gasteiger partial charge >= 0.3 is 12.2 Å². The summed E-state index contributed by atoms with van der Waals surface area (Å²) in [5.74, 6) is -0.00533. The number of likely N-dealkylation sites (tertiary alicyclic amines) is 2.